The van der Waals surface area contributed by atoms with E-state index >= 15 is 0 Å². The minimum atomic E-state index is -4.78. The number of hydrogen-bond acceptors (Lipinski definition) is 6. The van der Waals surface area contributed by atoms with Gasteiger partial charge >= 0.3 is 12.3 Å². The Balaban J connectivity index is 1.21. The van der Waals surface area contributed by atoms with Crippen molar-refractivity contribution in [3.05, 3.63) is 77.2 Å². The Morgan fingerprint density at radius 1 is 1.14 bits per heavy atom. The molecule has 3 amide bonds. The molecule has 0 bridgehead atoms. The normalized spacial score (nSPS) is 22.3. The molecule has 44 heavy (non-hydrogen) atoms. The molecule has 2 aromatic carbocycles. The SMILES string of the molecule is C[C@H](N(Cc1ccc(F)cc1)C(=O)CN1C(=O)O[C@@]2(CCc3cc(-c4ccn(C5CCCCO5)n4)ccc32)C1=O)C(F)(F)F. The largest absolute Gasteiger partial charge is 0.427 e. The van der Waals surface area contributed by atoms with Gasteiger partial charge in [-0.2, -0.15) is 18.3 Å². The van der Waals surface area contributed by atoms with Crippen LogP contribution in [-0.4, -0.2) is 62.9 Å². The molecule has 0 radical (unpaired) electrons. The van der Waals surface area contributed by atoms with Crippen LogP contribution in [0.3, 0.4) is 0 Å². The first-order valence-corrected chi connectivity index (χ1v) is 14.4. The molecule has 0 N–H and O–H groups in total. The lowest BCUT2D eigenvalue weighted by atomic mass is 9.93. The predicted molar refractivity (Wildman–Crippen MR) is 147 cm³/mol. The molecule has 3 aromatic rings. The molecular weight excluding hydrogens is 584 g/mol. The average molecular weight is 615 g/mol. The van der Waals surface area contributed by atoms with E-state index < -0.39 is 54.6 Å². The molecule has 2 fully saturated rings. The molecule has 232 valence electrons. The third kappa shape index (κ3) is 5.44. The quantitative estimate of drug-likeness (QED) is 0.327. The Bertz CT molecular complexity index is 1580. The molecule has 1 unspecified atom stereocenters. The van der Waals surface area contributed by atoms with Gasteiger partial charge in [-0.15, -0.1) is 0 Å². The fourth-order valence-corrected chi connectivity index (χ4v) is 6.03. The number of nitrogens with zero attached hydrogens (tertiary/aromatic N) is 4. The number of carbonyl (C=O) groups is 3. The van der Waals surface area contributed by atoms with E-state index in [1.54, 1.807) is 16.8 Å². The van der Waals surface area contributed by atoms with E-state index in [1.165, 1.54) is 12.1 Å². The van der Waals surface area contributed by atoms with E-state index in [-0.39, 0.29) is 18.2 Å². The van der Waals surface area contributed by atoms with E-state index in [1.807, 2.05) is 18.3 Å². The lowest BCUT2D eigenvalue weighted by molar-refractivity contribution is -0.187. The first-order valence-electron chi connectivity index (χ1n) is 14.4. The minimum Gasteiger partial charge on any atom is -0.427 e. The van der Waals surface area contributed by atoms with E-state index in [9.17, 15) is 31.9 Å². The summed E-state index contributed by atoms with van der Waals surface area (Å²) in [4.78, 5) is 40.9. The third-order valence-corrected chi connectivity index (χ3v) is 8.54. The number of alkyl halides is 3. The number of aryl methyl sites for hydroxylation is 1. The van der Waals surface area contributed by atoms with Crippen molar-refractivity contribution in [3.8, 4) is 11.3 Å². The van der Waals surface area contributed by atoms with Crippen molar-refractivity contribution in [2.24, 2.45) is 0 Å². The number of halogens is 4. The summed E-state index contributed by atoms with van der Waals surface area (Å²) in [5, 5.41) is 4.66. The Morgan fingerprint density at radius 2 is 1.91 bits per heavy atom. The van der Waals surface area contributed by atoms with Gasteiger partial charge in [-0.05, 0) is 68.0 Å². The number of rotatable bonds is 7. The highest BCUT2D eigenvalue weighted by Gasteiger charge is 2.58. The summed E-state index contributed by atoms with van der Waals surface area (Å²) in [6.45, 7) is 0.0538. The maximum Gasteiger partial charge on any atom is 0.418 e. The van der Waals surface area contributed by atoms with E-state index in [0.29, 0.717) is 34.1 Å². The number of amides is 3. The van der Waals surface area contributed by atoms with E-state index in [4.69, 9.17) is 9.47 Å². The smallest absolute Gasteiger partial charge is 0.418 e. The Hall–Kier alpha value is -4.26. The maximum atomic E-state index is 13.7. The monoisotopic (exact) mass is 614 g/mol. The van der Waals surface area contributed by atoms with Crippen LogP contribution in [0, 0.1) is 5.82 Å². The van der Waals surface area contributed by atoms with Gasteiger partial charge in [0.1, 0.15) is 24.6 Å². The van der Waals surface area contributed by atoms with E-state index in [2.05, 4.69) is 5.10 Å². The molecule has 13 heteroatoms. The summed E-state index contributed by atoms with van der Waals surface area (Å²) >= 11 is 0. The van der Waals surface area contributed by atoms with Gasteiger partial charge in [0.05, 0.1) is 5.69 Å². The number of carbonyl (C=O) groups excluding carboxylic acids is 3. The second kappa shape index (κ2) is 11.3. The number of imide groups is 1. The molecule has 6 rings (SSSR count). The zero-order valence-corrected chi connectivity index (χ0v) is 23.8. The highest BCUT2D eigenvalue weighted by Crippen LogP contribution is 2.46. The van der Waals surface area contributed by atoms with Gasteiger partial charge in [-0.3, -0.25) is 9.59 Å². The minimum absolute atomic E-state index is 0.120. The van der Waals surface area contributed by atoms with Crippen molar-refractivity contribution >= 4 is 17.9 Å². The van der Waals surface area contributed by atoms with Crippen molar-refractivity contribution < 1.29 is 41.4 Å². The van der Waals surface area contributed by atoms with Gasteiger partial charge in [0, 0.05) is 36.9 Å². The van der Waals surface area contributed by atoms with Crippen LogP contribution < -0.4 is 0 Å². The zero-order valence-electron chi connectivity index (χ0n) is 23.8. The summed E-state index contributed by atoms with van der Waals surface area (Å²) in [6.07, 6.45) is -0.666. The van der Waals surface area contributed by atoms with Crippen molar-refractivity contribution in [1.82, 2.24) is 19.6 Å². The van der Waals surface area contributed by atoms with Crippen LogP contribution in [0.1, 0.15) is 55.5 Å². The van der Waals surface area contributed by atoms with Gasteiger partial charge in [0.15, 0.2) is 0 Å². The molecule has 0 saturated carbocycles. The average Bonchev–Trinajstić information content (AvgIpc) is 3.70. The molecule has 1 aromatic heterocycles. The molecule has 2 aliphatic heterocycles. The van der Waals surface area contributed by atoms with Crippen LogP contribution >= 0.6 is 0 Å². The molecule has 3 aliphatic rings. The van der Waals surface area contributed by atoms with Crippen LogP contribution in [0.4, 0.5) is 22.4 Å². The standard InChI is InChI=1S/C31H30F4N4O5/c1-19(31(33,34)35)37(17-20-5-8-23(32)9-6-20)26(40)18-38-28(41)30(44-29(38)42)13-11-21-16-22(7-10-24(21)30)25-12-14-39(36-25)27-4-2-3-15-43-27/h5-10,12,14,16,19,27H,2-4,11,13,15,17-18H2,1H3/t19-,27?,30+/m0/s1. The van der Waals surface area contributed by atoms with Crippen LogP contribution in [-0.2, 0) is 37.6 Å². The van der Waals surface area contributed by atoms with Gasteiger partial charge in [-0.25, -0.2) is 18.8 Å². The Morgan fingerprint density at radius 3 is 2.61 bits per heavy atom. The predicted octanol–water partition coefficient (Wildman–Crippen LogP) is 5.49. The van der Waals surface area contributed by atoms with Gasteiger partial charge in [-0.1, -0.05) is 24.3 Å². The van der Waals surface area contributed by atoms with E-state index in [0.717, 1.165) is 49.4 Å². The van der Waals surface area contributed by atoms with Crippen molar-refractivity contribution in [2.75, 3.05) is 13.2 Å². The molecule has 1 aliphatic carbocycles. The van der Waals surface area contributed by atoms with Crippen molar-refractivity contribution in [3.63, 3.8) is 0 Å². The Kier molecular flexibility index (Phi) is 7.68. The molecule has 3 heterocycles. The van der Waals surface area contributed by atoms with Gasteiger partial charge in [0.25, 0.3) is 5.91 Å². The molecule has 9 nitrogen and oxygen atoms in total. The second-order valence-corrected chi connectivity index (χ2v) is 11.3. The van der Waals surface area contributed by atoms with Crippen LogP contribution in [0.5, 0.6) is 0 Å². The number of aromatic nitrogens is 2. The number of benzene rings is 2. The summed E-state index contributed by atoms with van der Waals surface area (Å²) < 4.78 is 67.7. The summed E-state index contributed by atoms with van der Waals surface area (Å²) in [5.74, 6) is -2.49. The molecule has 3 atom stereocenters. The van der Waals surface area contributed by atoms with Gasteiger partial charge < -0.3 is 14.4 Å². The number of fused-ring (bicyclic) bond motifs is 2. The van der Waals surface area contributed by atoms with Crippen LogP contribution in [0.25, 0.3) is 11.3 Å². The highest BCUT2D eigenvalue weighted by molar-refractivity contribution is 6.06. The lowest BCUT2D eigenvalue weighted by Gasteiger charge is -2.31. The maximum absolute atomic E-state index is 13.7. The molecular formula is C31H30F4N4O5. The first-order chi connectivity index (χ1) is 21.0. The van der Waals surface area contributed by atoms with Crippen molar-refractivity contribution in [1.29, 1.82) is 0 Å². The molecule has 2 saturated heterocycles. The number of hydrogen-bond donors (Lipinski definition) is 0. The van der Waals surface area contributed by atoms with Gasteiger partial charge in [0.2, 0.25) is 11.5 Å². The second-order valence-electron chi connectivity index (χ2n) is 11.3. The number of ether oxygens (including phenoxy) is 2. The molecule has 1 spiro atoms. The zero-order chi connectivity index (χ0) is 31.2. The van der Waals surface area contributed by atoms with Crippen molar-refractivity contribution in [2.45, 2.75) is 69.6 Å². The first kappa shape index (κ1) is 29.8. The fraction of sp³-hybridized carbons (Fsp3) is 0.419. The summed E-state index contributed by atoms with van der Waals surface area (Å²) in [7, 11) is 0. The Labute approximate surface area is 250 Å². The highest BCUT2D eigenvalue weighted by atomic mass is 19.4. The summed E-state index contributed by atoms with van der Waals surface area (Å²) in [6, 6.07) is 9.65. The summed E-state index contributed by atoms with van der Waals surface area (Å²) in [5.41, 5.74) is 1.33. The van der Waals surface area contributed by atoms with Crippen LogP contribution in [0.15, 0.2) is 54.7 Å². The third-order valence-electron chi connectivity index (χ3n) is 8.54. The lowest BCUT2D eigenvalue weighted by Crippen LogP contribution is -2.51. The fourth-order valence-electron chi connectivity index (χ4n) is 6.03. The van der Waals surface area contributed by atoms with Crippen LogP contribution in [0.2, 0.25) is 0 Å². The topological polar surface area (TPSA) is 94.0 Å².